The first-order chi connectivity index (χ1) is 14.0. The maximum Gasteiger partial charge on any atom is 0.266 e. The monoisotopic (exact) mass is 464 g/mol. The number of halogens is 2. The van der Waals surface area contributed by atoms with E-state index in [1.54, 1.807) is 18.2 Å². The average molecular weight is 466 g/mol. The molecule has 0 saturated carbocycles. The van der Waals surface area contributed by atoms with Gasteiger partial charge in [-0.2, -0.15) is 5.26 Å². The minimum Gasteiger partial charge on any atom is -0.321 e. The highest BCUT2D eigenvalue weighted by Gasteiger charge is 2.12. The fourth-order valence-corrected chi connectivity index (χ4v) is 3.46. The van der Waals surface area contributed by atoms with E-state index >= 15 is 0 Å². The lowest BCUT2D eigenvalue weighted by Gasteiger charge is -2.09. The second kappa shape index (κ2) is 9.56. The molecule has 5 heteroatoms. The van der Waals surface area contributed by atoms with Gasteiger partial charge >= 0.3 is 0 Å². The van der Waals surface area contributed by atoms with Crippen LogP contribution in [0.25, 0.3) is 6.08 Å². The summed E-state index contributed by atoms with van der Waals surface area (Å²) in [7, 11) is 0. The lowest BCUT2D eigenvalue weighted by molar-refractivity contribution is -0.112. The summed E-state index contributed by atoms with van der Waals surface area (Å²) in [5.74, 6) is -0.469. The van der Waals surface area contributed by atoms with Gasteiger partial charge in [0.25, 0.3) is 5.91 Å². The summed E-state index contributed by atoms with van der Waals surface area (Å²) in [6.07, 6.45) is 2.30. The molecule has 0 aliphatic rings. The SMILES string of the molecule is Cc1ccc(NC(=O)/C(C#N)=C/c2ccccc2Cc2ccccc2Br)cc1Cl. The summed E-state index contributed by atoms with van der Waals surface area (Å²) in [5.41, 5.74) is 4.48. The second-order valence-corrected chi connectivity index (χ2v) is 7.82. The molecule has 0 heterocycles. The Balaban J connectivity index is 1.87. The number of carbonyl (C=O) groups excluding carboxylic acids is 1. The van der Waals surface area contributed by atoms with E-state index in [0.717, 1.165) is 26.7 Å². The molecule has 0 aromatic heterocycles. The van der Waals surface area contributed by atoms with Gasteiger partial charge in [-0.25, -0.2) is 0 Å². The van der Waals surface area contributed by atoms with Gasteiger partial charge in [-0.05, 0) is 59.9 Å². The van der Waals surface area contributed by atoms with Crippen LogP contribution in [-0.4, -0.2) is 5.91 Å². The Morgan fingerprint density at radius 2 is 1.79 bits per heavy atom. The van der Waals surface area contributed by atoms with Crippen LogP contribution >= 0.6 is 27.5 Å². The first-order valence-electron chi connectivity index (χ1n) is 8.98. The van der Waals surface area contributed by atoms with Crippen molar-refractivity contribution < 1.29 is 4.79 Å². The van der Waals surface area contributed by atoms with Crippen molar-refractivity contribution in [2.45, 2.75) is 13.3 Å². The van der Waals surface area contributed by atoms with Gasteiger partial charge in [-0.1, -0.05) is 76.1 Å². The molecule has 1 N–H and O–H groups in total. The molecule has 0 bridgehead atoms. The van der Waals surface area contributed by atoms with Crippen molar-refractivity contribution in [1.29, 1.82) is 5.26 Å². The Bertz CT molecular complexity index is 1130. The van der Waals surface area contributed by atoms with Gasteiger partial charge in [-0.15, -0.1) is 0 Å². The lowest BCUT2D eigenvalue weighted by Crippen LogP contribution is -2.13. The standard InChI is InChI=1S/C24H18BrClN2O/c1-16-10-11-21(14-23(16)26)28-24(29)20(15-27)13-18-7-3-2-6-17(18)12-19-8-4-5-9-22(19)25/h2-11,13-14H,12H2,1H3,(H,28,29)/b20-13+. The fourth-order valence-electron chi connectivity index (χ4n) is 2.86. The number of rotatable bonds is 5. The maximum atomic E-state index is 12.6. The molecule has 0 aliphatic carbocycles. The average Bonchev–Trinajstić information content (AvgIpc) is 2.71. The van der Waals surface area contributed by atoms with Crippen molar-refractivity contribution in [3.63, 3.8) is 0 Å². The molecule has 3 aromatic carbocycles. The fraction of sp³-hybridized carbons (Fsp3) is 0.0833. The molecular formula is C24H18BrClN2O. The Morgan fingerprint density at radius 3 is 2.48 bits per heavy atom. The van der Waals surface area contributed by atoms with Crippen molar-refractivity contribution in [2.75, 3.05) is 5.32 Å². The number of carbonyl (C=O) groups is 1. The van der Waals surface area contributed by atoms with Gasteiger partial charge in [0.1, 0.15) is 11.6 Å². The maximum absolute atomic E-state index is 12.6. The van der Waals surface area contributed by atoms with Crippen LogP contribution in [0.4, 0.5) is 5.69 Å². The molecule has 0 radical (unpaired) electrons. The molecular weight excluding hydrogens is 448 g/mol. The van der Waals surface area contributed by atoms with Crippen LogP contribution in [0.1, 0.15) is 22.3 Å². The third-order valence-corrected chi connectivity index (χ3v) is 5.67. The Morgan fingerprint density at radius 1 is 1.10 bits per heavy atom. The third-order valence-electron chi connectivity index (χ3n) is 4.49. The van der Waals surface area contributed by atoms with Gasteiger partial charge in [-0.3, -0.25) is 4.79 Å². The van der Waals surface area contributed by atoms with Gasteiger partial charge in [0.2, 0.25) is 0 Å². The number of hydrogen-bond acceptors (Lipinski definition) is 2. The van der Waals surface area contributed by atoms with E-state index in [1.807, 2.05) is 67.6 Å². The highest BCUT2D eigenvalue weighted by molar-refractivity contribution is 9.10. The zero-order chi connectivity index (χ0) is 20.8. The minimum absolute atomic E-state index is 0.0290. The molecule has 1 amide bonds. The van der Waals surface area contributed by atoms with Crippen molar-refractivity contribution in [1.82, 2.24) is 0 Å². The van der Waals surface area contributed by atoms with Crippen LogP contribution in [-0.2, 0) is 11.2 Å². The molecule has 3 rings (SSSR count). The zero-order valence-electron chi connectivity index (χ0n) is 15.7. The van der Waals surface area contributed by atoms with Crippen LogP contribution in [0.3, 0.4) is 0 Å². The molecule has 0 spiro atoms. The summed E-state index contributed by atoms with van der Waals surface area (Å²) in [6.45, 7) is 1.89. The third kappa shape index (κ3) is 5.35. The van der Waals surface area contributed by atoms with Gasteiger partial charge < -0.3 is 5.32 Å². The summed E-state index contributed by atoms with van der Waals surface area (Å²) in [6, 6.07) is 23.0. The molecule has 0 saturated heterocycles. The van der Waals surface area contributed by atoms with E-state index in [4.69, 9.17) is 11.6 Å². The summed E-state index contributed by atoms with van der Waals surface area (Å²) in [4.78, 5) is 12.6. The Kier molecular flexibility index (Phi) is 6.87. The number of nitrogens with one attached hydrogen (secondary N) is 1. The van der Waals surface area contributed by atoms with Crippen LogP contribution < -0.4 is 5.32 Å². The van der Waals surface area contributed by atoms with Crippen LogP contribution in [0.5, 0.6) is 0 Å². The van der Waals surface area contributed by atoms with Crippen molar-refractivity contribution in [3.05, 3.63) is 104 Å². The van der Waals surface area contributed by atoms with E-state index in [0.29, 0.717) is 17.1 Å². The number of amides is 1. The molecule has 29 heavy (non-hydrogen) atoms. The van der Waals surface area contributed by atoms with Crippen molar-refractivity contribution >= 4 is 45.2 Å². The second-order valence-electron chi connectivity index (χ2n) is 6.55. The van der Waals surface area contributed by atoms with E-state index in [-0.39, 0.29) is 5.57 Å². The number of benzene rings is 3. The summed E-state index contributed by atoms with van der Waals surface area (Å²) < 4.78 is 1.02. The van der Waals surface area contributed by atoms with Crippen molar-refractivity contribution in [2.24, 2.45) is 0 Å². The van der Waals surface area contributed by atoms with E-state index < -0.39 is 5.91 Å². The highest BCUT2D eigenvalue weighted by atomic mass is 79.9. The summed E-state index contributed by atoms with van der Waals surface area (Å²) >= 11 is 9.69. The molecule has 0 unspecified atom stereocenters. The van der Waals surface area contributed by atoms with Gasteiger partial charge in [0.15, 0.2) is 0 Å². The predicted molar refractivity (Wildman–Crippen MR) is 122 cm³/mol. The number of nitriles is 1. The molecule has 0 atom stereocenters. The van der Waals surface area contributed by atoms with E-state index in [9.17, 15) is 10.1 Å². The Hall–Kier alpha value is -2.87. The summed E-state index contributed by atoms with van der Waals surface area (Å²) in [5, 5.41) is 12.8. The quantitative estimate of drug-likeness (QED) is 0.343. The molecule has 144 valence electrons. The predicted octanol–water partition coefficient (Wildman–Crippen LogP) is 6.55. The molecule has 0 aliphatic heterocycles. The number of anilines is 1. The van der Waals surface area contributed by atoms with Crippen LogP contribution in [0.15, 0.2) is 76.8 Å². The molecule has 3 nitrogen and oxygen atoms in total. The topological polar surface area (TPSA) is 52.9 Å². The smallest absolute Gasteiger partial charge is 0.266 e. The Labute approximate surface area is 183 Å². The highest BCUT2D eigenvalue weighted by Crippen LogP contribution is 2.24. The normalized spacial score (nSPS) is 11.0. The number of aryl methyl sites for hydroxylation is 1. The van der Waals surface area contributed by atoms with Gasteiger partial charge in [0.05, 0.1) is 0 Å². The largest absolute Gasteiger partial charge is 0.321 e. The molecule has 0 fully saturated rings. The van der Waals surface area contributed by atoms with E-state index in [1.165, 1.54) is 0 Å². The first-order valence-corrected chi connectivity index (χ1v) is 10.2. The zero-order valence-corrected chi connectivity index (χ0v) is 18.1. The first kappa shape index (κ1) is 20.9. The molecule has 3 aromatic rings. The lowest BCUT2D eigenvalue weighted by atomic mass is 9.98. The van der Waals surface area contributed by atoms with Gasteiger partial charge in [0, 0.05) is 15.2 Å². The number of nitrogens with zero attached hydrogens (tertiary/aromatic N) is 1. The van der Waals surface area contributed by atoms with Crippen LogP contribution in [0.2, 0.25) is 5.02 Å². The van der Waals surface area contributed by atoms with E-state index in [2.05, 4.69) is 21.2 Å². The van der Waals surface area contributed by atoms with Crippen LogP contribution in [0, 0.1) is 18.3 Å². The van der Waals surface area contributed by atoms with Crippen molar-refractivity contribution in [3.8, 4) is 6.07 Å². The number of hydrogen-bond donors (Lipinski definition) is 1. The minimum atomic E-state index is -0.469.